The molecule has 0 radical (unpaired) electrons. The Kier molecular flexibility index (Phi) is 11.5. The summed E-state index contributed by atoms with van der Waals surface area (Å²) in [5, 5.41) is 2.75. The van der Waals surface area contributed by atoms with Gasteiger partial charge in [-0.3, -0.25) is 19.1 Å². The summed E-state index contributed by atoms with van der Waals surface area (Å²) in [4.78, 5) is 59.3. The lowest BCUT2D eigenvalue weighted by Gasteiger charge is -2.31. The van der Waals surface area contributed by atoms with Crippen molar-refractivity contribution in [3.05, 3.63) is 82.8 Å². The van der Waals surface area contributed by atoms with Crippen LogP contribution in [0.2, 0.25) is 0 Å². The van der Waals surface area contributed by atoms with Crippen LogP contribution in [0.25, 0.3) is 33.5 Å². The van der Waals surface area contributed by atoms with E-state index in [2.05, 4.69) is 21.3 Å². The zero-order valence-electron chi connectivity index (χ0n) is 34.7. The molecule has 17 heteroatoms. The van der Waals surface area contributed by atoms with Crippen molar-refractivity contribution in [3.63, 3.8) is 0 Å². The van der Waals surface area contributed by atoms with Crippen LogP contribution in [0.15, 0.2) is 71.0 Å². The van der Waals surface area contributed by atoms with Gasteiger partial charge in [0.15, 0.2) is 11.6 Å². The second-order valence-electron chi connectivity index (χ2n) is 17.7. The summed E-state index contributed by atoms with van der Waals surface area (Å²) in [7, 11) is -3.90. The lowest BCUT2D eigenvalue weighted by Crippen LogP contribution is -2.47. The summed E-state index contributed by atoms with van der Waals surface area (Å²) in [5.74, 6) is -1.91. The Morgan fingerprint density at radius 2 is 1.79 bits per heavy atom. The number of nitrogens with zero attached hydrogens (tertiary/aromatic N) is 4. The molecular weight excluding hydrogens is 856 g/mol. The van der Waals surface area contributed by atoms with E-state index in [9.17, 15) is 31.2 Å². The number of fused-ring (bicyclic) bond motifs is 3. The van der Waals surface area contributed by atoms with Crippen molar-refractivity contribution >= 4 is 61.0 Å². The summed E-state index contributed by atoms with van der Waals surface area (Å²) in [5.41, 5.74) is 0.0222. The Morgan fingerprint density at radius 3 is 2.46 bits per heavy atom. The van der Waals surface area contributed by atoms with Crippen molar-refractivity contribution in [3.8, 4) is 17.3 Å². The highest BCUT2D eigenvalue weighted by Gasteiger charge is 2.61. The number of para-hydroxylation sites is 1. The fraction of sp³-hybridized carbons (Fsp3) is 0.478. The average Bonchev–Trinajstić information content (AvgIpc) is 4.12. The monoisotopic (exact) mass is 903 g/mol. The fourth-order valence-electron chi connectivity index (χ4n) is 9.52. The van der Waals surface area contributed by atoms with E-state index >= 15 is 4.79 Å². The van der Waals surface area contributed by atoms with Gasteiger partial charge in [-0.1, -0.05) is 62.4 Å². The number of allylic oxidation sites excluding steroid dienone is 1. The molecule has 0 bridgehead atoms. The van der Waals surface area contributed by atoms with E-state index in [1.165, 1.54) is 23.5 Å². The van der Waals surface area contributed by atoms with Gasteiger partial charge in [-0.15, -0.1) is 17.9 Å². The third-order valence-electron chi connectivity index (χ3n) is 13.2. The molecule has 4 heterocycles. The Labute approximate surface area is 366 Å². The maximum Gasteiger partial charge on any atom is 0.416 e. The highest BCUT2D eigenvalue weighted by Crippen LogP contribution is 2.57. The topological polar surface area (TPSA) is 162 Å². The average molecular weight is 904 g/mol. The number of alkyl halides is 3. The number of sulfonamides is 1. The van der Waals surface area contributed by atoms with Crippen molar-refractivity contribution in [2.45, 2.75) is 108 Å². The lowest BCUT2D eigenvalue weighted by molar-refractivity contribution is -0.142. The van der Waals surface area contributed by atoms with Gasteiger partial charge in [0.25, 0.3) is 5.88 Å². The van der Waals surface area contributed by atoms with Gasteiger partial charge in [0, 0.05) is 47.2 Å². The highest BCUT2D eigenvalue weighted by atomic mass is 32.2. The molecule has 332 valence electrons. The van der Waals surface area contributed by atoms with E-state index in [-0.39, 0.29) is 49.0 Å². The number of nitrogens with one attached hydrogen (secondary N) is 1. The number of hydrogen-bond acceptors (Lipinski definition) is 11. The molecule has 1 aliphatic heterocycles. The molecule has 4 aliphatic rings. The molecule has 4 fully saturated rings. The van der Waals surface area contributed by atoms with Crippen LogP contribution in [0, 0.1) is 30.1 Å². The molecule has 2 aromatic carbocycles. The van der Waals surface area contributed by atoms with Gasteiger partial charge in [-0.25, -0.2) is 18.4 Å². The van der Waals surface area contributed by atoms with Crippen LogP contribution < -0.4 is 9.46 Å². The van der Waals surface area contributed by atoms with Crippen LogP contribution in [-0.2, 0) is 37.0 Å². The van der Waals surface area contributed by atoms with E-state index in [0.717, 1.165) is 54.9 Å². The fourth-order valence-corrected chi connectivity index (χ4v) is 11.8. The number of rotatable bonds is 15. The first-order chi connectivity index (χ1) is 30.1. The number of ketones is 1. The molecule has 3 aliphatic carbocycles. The maximum absolute atomic E-state index is 15.1. The third-order valence-corrected chi connectivity index (χ3v) is 16.0. The predicted octanol–water partition coefficient (Wildman–Crippen LogP) is 8.76. The zero-order valence-corrected chi connectivity index (χ0v) is 36.4. The standard InChI is InChI=1S/C46H48F3N5O7S2/c1-3-30-22-45(30,44(57)53-63(58,59)33-17-18-33)23-36(55)35-21-32(24-54(35)43(56)29(19-27-9-5-4-6-10-27)20-38-50-26(2)25-62-38)60-42-40-39(34-11-7-8-12-37(34)61-40)51-41(52-42)28-13-15-31(16-14-28)46(47,48)49/h3,7-8,11-16,25,27,29-30,32-33,35H,1,4-6,9-10,17-24H2,2H3,(H,53,57)/t29-,30-,32-,35+,45-/m1/s1. The van der Waals surface area contributed by atoms with Crippen molar-refractivity contribution in [1.82, 2.24) is 24.6 Å². The molecule has 0 spiro atoms. The molecule has 3 aromatic heterocycles. The van der Waals surface area contributed by atoms with Crippen LogP contribution in [0.3, 0.4) is 0 Å². The van der Waals surface area contributed by atoms with Crippen LogP contribution in [-0.4, -0.2) is 69.8 Å². The largest absolute Gasteiger partial charge is 0.470 e. The van der Waals surface area contributed by atoms with E-state index < -0.39 is 68.1 Å². The minimum Gasteiger partial charge on any atom is -0.470 e. The van der Waals surface area contributed by atoms with Crippen molar-refractivity contribution in [2.75, 3.05) is 6.54 Å². The summed E-state index contributed by atoms with van der Waals surface area (Å²) >= 11 is 1.49. The van der Waals surface area contributed by atoms with E-state index in [1.54, 1.807) is 35.2 Å². The van der Waals surface area contributed by atoms with E-state index in [0.29, 0.717) is 53.7 Å². The number of hydrogen-bond donors (Lipinski definition) is 1. The number of benzene rings is 2. The summed E-state index contributed by atoms with van der Waals surface area (Å²) in [6, 6.07) is 10.6. The molecule has 9 rings (SSSR count). The number of amides is 2. The molecule has 0 unspecified atom stereocenters. The van der Waals surface area contributed by atoms with Gasteiger partial charge in [0.2, 0.25) is 27.4 Å². The number of carbonyl (C=O) groups is 3. The molecule has 1 saturated heterocycles. The Balaban J connectivity index is 1.06. The van der Waals surface area contributed by atoms with Crippen LogP contribution >= 0.6 is 11.3 Å². The zero-order chi connectivity index (χ0) is 44.3. The van der Waals surface area contributed by atoms with Gasteiger partial charge >= 0.3 is 6.18 Å². The van der Waals surface area contributed by atoms with Gasteiger partial charge in [0.05, 0.1) is 33.8 Å². The number of halogens is 3. The molecular formula is C46H48F3N5O7S2. The number of aryl methyl sites for hydroxylation is 1. The minimum atomic E-state index is -4.55. The van der Waals surface area contributed by atoms with Crippen molar-refractivity contribution in [2.24, 2.45) is 23.2 Å². The number of carbonyl (C=O) groups excluding carboxylic acids is 3. The molecule has 3 saturated carbocycles. The summed E-state index contributed by atoms with van der Waals surface area (Å²) < 4.78 is 81.5. The van der Waals surface area contributed by atoms with Crippen LogP contribution in [0.5, 0.6) is 5.88 Å². The van der Waals surface area contributed by atoms with Crippen molar-refractivity contribution < 1.29 is 45.1 Å². The molecule has 2 amide bonds. The van der Waals surface area contributed by atoms with E-state index in [1.807, 2.05) is 12.3 Å². The molecule has 12 nitrogen and oxygen atoms in total. The van der Waals surface area contributed by atoms with E-state index in [4.69, 9.17) is 14.1 Å². The first kappa shape index (κ1) is 43.1. The van der Waals surface area contributed by atoms with Crippen LogP contribution in [0.1, 0.15) is 86.9 Å². The Morgan fingerprint density at radius 1 is 1.05 bits per heavy atom. The number of thiazole rings is 1. The second-order valence-corrected chi connectivity index (χ2v) is 20.6. The SMILES string of the molecule is C=C[C@@H]1C[C@]1(CC(=O)[C@@H]1C[C@@H](Oc2nc(-c3ccc(C(F)(F)F)cc3)nc3c2oc2ccccc23)CN1C(=O)[C@@H](Cc1nc(C)cs1)CC1CCCCC1)C(=O)NS(=O)(=O)C1CC1. The smallest absolute Gasteiger partial charge is 0.416 e. The molecule has 5 aromatic rings. The maximum atomic E-state index is 15.1. The number of aromatic nitrogens is 3. The van der Waals surface area contributed by atoms with Crippen molar-refractivity contribution in [1.29, 1.82) is 0 Å². The first-order valence-corrected chi connectivity index (χ1v) is 24.0. The molecule has 1 N–H and O–H groups in total. The number of furan rings is 1. The second kappa shape index (κ2) is 16.8. The van der Waals surface area contributed by atoms with Gasteiger partial charge in [-0.05, 0) is 68.7 Å². The quantitative estimate of drug-likeness (QED) is 0.101. The number of Topliss-reactive ketones (excluding diaryl/α,β-unsaturated/α-hetero) is 1. The first-order valence-electron chi connectivity index (χ1n) is 21.6. The number of ether oxygens (including phenoxy) is 1. The van der Waals surface area contributed by atoms with Crippen LogP contribution in [0.4, 0.5) is 13.2 Å². The third kappa shape index (κ3) is 8.87. The summed E-state index contributed by atoms with van der Waals surface area (Å²) in [6.45, 7) is 5.74. The van der Waals surface area contributed by atoms with Gasteiger partial charge in [-0.2, -0.15) is 18.2 Å². The molecule has 5 atom stereocenters. The predicted molar refractivity (Wildman–Crippen MR) is 230 cm³/mol. The lowest BCUT2D eigenvalue weighted by atomic mass is 9.81. The Bertz CT molecular complexity index is 2690. The normalized spacial score (nSPS) is 23.5. The van der Waals surface area contributed by atoms with Gasteiger partial charge in [0.1, 0.15) is 17.2 Å². The molecule has 63 heavy (non-hydrogen) atoms. The Hall–Kier alpha value is -5.16. The number of likely N-dealkylation sites (tertiary alicyclic amines) is 1. The van der Waals surface area contributed by atoms with Gasteiger partial charge < -0.3 is 14.1 Å². The minimum absolute atomic E-state index is 0.0105. The highest BCUT2D eigenvalue weighted by molar-refractivity contribution is 7.90. The summed E-state index contributed by atoms with van der Waals surface area (Å²) in [6.07, 6.45) is 3.39.